The van der Waals surface area contributed by atoms with Crippen molar-refractivity contribution >= 4 is 29.1 Å². The third-order valence-corrected chi connectivity index (χ3v) is 4.57. The average molecular weight is 381 g/mol. The van der Waals surface area contributed by atoms with E-state index in [4.69, 9.17) is 0 Å². The van der Waals surface area contributed by atoms with Crippen molar-refractivity contribution in [3.63, 3.8) is 0 Å². The summed E-state index contributed by atoms with van der Waals surface area (Å²) in [5, 5.41) is 11.6. The first-order valence-electron chi connectivity index (χ1n) is 8.61. The number of hydrogen-bond acceptors (Lipinski definition) is 6. The lowest BCUT2D eigenvalue weighted by molar-refractivity contribution is -0.123. The predicted molar refractivity (Wildman–Crippen MR) is 97.8 cm³/mol. The van der Waals surface area contributed by atoms with Gasteiger partial charge in [-0.1, -0.05) is 29.0 Å². The SMILES string of the molecule is Cc1ccc(NC(=O)CN2N=N[C@@H]3C(=O)N(c4cccc(F)c4)C(=O)[C@@H]32)cc1. The molecule has 0 aliphatic carbocycles. The molecule has 2 atom stereocenters. The molecule has 28 heavy (non-hydrogen) atoms. The van der Waals surface area contributed by atoms with Crippen LogP contribution in [-0.4, -0.2) is 41.4 Å². The van der Waals surface area contributed by atoms with Gasteiger partial charge in [0.2, 0.25) is 5.91 Å². The molecule has 2 aliphatic rings. The van der Waals surface area contributed by atoms with Crippen LogP contribution < -0.4 is 10.2 Å². The highest BCUT2D eigenvalue weighted by molar-refractivity contribution is 6.25. The van der Waals surface area contributed by atoms with E-state index in [0.29, 0.717) is 5.69 Å². The molecular formula is C19H16FN5O3. The molecule has 1 fully saturated rings. The standard InChI is InChI=1S/C19H16FN5O3/c1-11-5-7-13(8-6-11)21-15(26)10-24-17-16(22-23-24)18(27)25(19(17)28)14-4-2-3-12(20)9-14/h2-9,16-17H,10H2,1H3,(H,21,26)/t16-,17+/m0/s1. The number of benzene rings is 2. The van der Waals surface area contributed by atoms with Crippen LogP contribution in [-0.2, 0) is 14.4 Å². The third-order valence-electron chi connectivity index (χ3n) is 4.57. The summed E-state index contributed by atoms with van der Waals surface area (Å²) in [4.78, 5) is 38.6. The number of amides is 3. The van der Waals surface area contributed by atoms with Gasteiger partial charge in [-0.05, 0) is 37.3 Å². The lowest BCUT2D eigenvalue weighted by atomic mass is 10.1. The van der Waals surface area contributed by atoms with E-state index in [1.54, 1.807) is 12.1 Å². The highest BCUT2D eigenvalue weighted by Crippen LogP contribution is 2.31. The minimum atomic E-state index is -1.04. The summed E-state index contributed by atoms with van der Waals surface area (Å²) < 4.78 is 13.5. The maximum absolute atomic E-state index is 13.5. The number of halogens is 1. The van der Waals surface area contributed by atoms with Gasteiger partial charge >= 0.3 is 0 Å². The fraction of sp³-hybridized carbons (Fsp3) is 0.211. The second-order valence-corrected chi connectivity index (χ2v) is 6.60. The quantitative estimate of drug-likeness (QED) is 0.821. The van der Waals surface area contributed by atoms with Crippen LogP contribution >= 0.6 is 0 Å². The van der Waals surface area contributed by atoms with Crippen LogP contribution in [0.3, 0.4) is 0 Å². The van der Waals surface area contributed by atoms with Crippen LogP contribution in [0.2, 0.25) is 0 Å². The van der Waals surface area contributed by atoms with Crippen molar-refractivity contribution in [2.45, 2.75) is 19.0 Å². The van der Waals surface area contributed by atoms with Crippen molar-refractivity contribution in [3.8, 4) is 0 Å². The second kappa shape index (κ2) is 6.84. The van der Waals surface area contributed by atoms with Crippen LogP contribution in [0, 0.1) is 12.7 Å². The summed E-state index contributed by atoms with van der Waals surface area (Å²) in [5.74, 6) is -2.14. The Balaban J connectivity index is 1.49. The first-order chi connectivity index (χ1) is 13.4. The fourth-order valence-electron chi connectivity index (χ4n) is 3.21. The molecule has 9 heteroatoms. The zero-order valence-electron chi connectivity index (χ0n) is 14.9. The first-order valence-corrected chi connectivity index (χ1v) is 8.61. The van der Waals surface area contributed by atoms with Crippen molar-refractivity contribution in [3.05, 3.63) is 59.9 Å². The highest BCUT2D eigenvalue weighted by atomic mass is 19.1. The molecule has 142 valence electrons. The van der Waals surface area contributed by atoms with Gasteiger partial charge in [0.15, 0.2) is 12.1 Å². The monoisotopic (exact) mass is 381 g/mol. The van der Waals surface area contributed by atoms with E-state index in [-0.39, 0.29) is 12.2 Å². The van der Waals surface area contributed by atoms with E-state index in [2.05, 4.69) is 15.7 Å². The molecule has 0 radical (unpaired) electrons. The lowest BCUT2D eigenvalue weighted by Gasteiger charge is -2.20. The van der Waals surface area contributed by atoms with Gasteiger partial charge in [0.1, 0.15) is 12.4 Å². The second-order valence-electron chi connectivity index (χ2n) is 6.60. The van der Waals surface area contributed by atoms with Gasteiger partial charge in [0.25, 0.3) is 11.8 Å². The third kappa shape index (κ3) is 3.11. The molecule has 1 saturated heterocycles. The van der Waals surface area contributed by atoms with Crippen molar-refractivity contribution in [2.24, 2.45) is 10.3 Å². The summed E-state index contributed by atoms with van der Waals surface area (Å²) in [5.41, 5.74) is 1.80. The number of carbonyl (C=O) groups excluding carboxylic acids is 3. The summed E-state index contributed by atoms with van der Waals surface area (Å²) >= 11 is 0. The van der Waals surface area contributed by atoms with Crippen LogP contribution in [0.15, 0.2) is 58.9 Å². The van der Waals surface area contributed by atoms with Gasteiger partial charge in [0, 0.05) is 5.69 Å². The van der Waals surface area contributed by atoms with E-state index < -0.39 is 35.6 Å². The Morgan fingerprint density at radius 3 is 2.61 bits per heavy atom. The maximum Gasteiger partial charge on any atom is 0.263 e. The number of carbonyl (C=O) groups is 3. The van der Waals surface area contributed by atoms with E-state index in [9.17, 15) is 18.8 Å². The van der Waals surface area contributed by atoms with E-state index in [1.807, 2.05) is 19.1 Å². The summed E-state index contributed by atoms with van der Waals surface area (Å²) in [6.45, 7) is 1.69. The largest absolute Gasteiger partial charge is 0.324 e. The van der Waals surface area contributed by atoms with Crippen LogP contribution in [0.1, 0.15) is 5.56 Å². The van der Waals surface area contributed by atoms with Gasteiger partial charge < -0.3 is 5.32 Å². The predicted octanol–water partition coefficient (Wildman–Crippen LogP) is 2.07. The Morgan fingerprint density at radius 2 is 1.89 bits per heavy atom. The highest BCUT2D eigenvalue weighted by Gasteiger charge is 2.55. The lowest BCUT2D eigenvalue weighted by Crippen LogP contribution is -2.43. The van der Waals surface area contributed by atoms with E-state index >= 15 is 0 Å². The van der Waals surface area contributed by atoms with Crippen molar-refractivity contribution < 1.29 is 18.8 Å². The Morgan fingerprint density at radius 1 is 1.14 bits per heavy atom. The molecule has 3 amide bonds. The number of hydrogen-bond donors (Lipinski definition) is 1. The van der Waals surface area contributed by atoms with Gasteiger partial charge in [-0.15, -0.1) is 0 Å². The number of nitrogens with zero attached hydrogens (tertiary/aromatic N) is 4. The average Bonchev–Trinajstić information content (AvgIpc) is 3.17. The zero-order chi connectivity index (χ0) is 19.8. The van der Waals surface area contributed by atoms with Crippen molar-refractivity contribution in [1.29, 1.82) is 0 Å². The molecule has 0 saturated carbocycles. The molecule has 2 aromatic rings. The minimum Gasteiger partial charge on any atom is -0.324 e. The van der Waals surface area contributed by atoms with Crippen molar-refractivity contribution in [1.82, 2.24) is 5.01 Å². The van der Waals surface area contributed by atoms with Gasteiger partial charge in [-0.25, -0.2) is 9.29 Å². The number of nitrogens with one attached hydrogen (secondary N) is 1. The Kier molecular flexibility index (Phi) is 4.34. The topological polar surface area (TPSA) is 94.4 Å². The Labute approximate surface area is 159 Å². The number of fused-ring (bicyclic) bond motifs is 1. The van der Waals surface area contributed by atoms with Gasteiger partial charge in [-0.2, -0.15) is 5.11 Å². The number of anilines is 2. The Bertz CT molecular complexity index is 991. The fourth-order valence-corrected chi connectivity index (χ4v) is 3.21. The molecule has 8 nitrogen and oxygen atoms in total. The molecule has 2 aromatic carbocycles. The molecule has 0 bridgehead atoms. The molecule has 4 rings (SSSR count). The minimum absolute atomic E-state index is 0.128. The van der Waals surface area contributed by atoms with Crippen LogP contribution in [0.5, 0.6) is 0 Å². The number of rotatable bonds is 4. The molecular weight excluding hydrogens is 365 g/mol. The maximum atomic E-state index is 13.5. The molecule has 1 N–H and O–H groups in total. The molecule has 0 aromatic heterocycles. The van der Waals surface area contributed by atoms with E-state index in [0.717, 1.165) is 16.5 Å². The molecule has 0 spiro atoms. The van der Waals surface area contributed by atoms with Crippen LogP contribution in [0.25, 0.3) is 0 Å². The number of imide groups is 1. The number of aryl methyl sites for hydroxylation is 1. The van der Waals surface area contributed by atoms with Crippen molar-refractivity contribution in [2.75, 3.05) is 16.8 Å². The first kappa shape index (κ1) is 17.8. The molecule has 2 aliphatic heterocycles. The van der Waals surface area contributed by atoms with Crippen LogP contribution in [0.4, 0.5) is 15.8 Å². The Hall–Kier alpha value is -3.62. The normalized spacial score (nSPS) is 20.6. The summed E-state index contributed by atoms with van der Waals surface area (Å²) in [6, 6.07) is 10.4. The van der Waals surface area contributed by atoms with E-state index in [1.165, 1.54) is 23.2 Å². The summed E-state index contributed by atoms with van der Waals surface area (Å²) in [6.07, 6.45) is 0. The smallest absolute Gasteiger partial charge is 0.263 e. The molecule has 0 unspecified atom stereocenters. The zero-order valence-corrected chi connectivity index (χ0v) is 14.9. The molecule has 2 heterocycles. The van der Waals surface area contributed by atoms with Gasteiger partial charge in [-0.3, -0.25) is 19.4 Å². The van der Waals surface area contributed by atoms with Gasteiger partial charge in [0.05, 0.1) is 5.69 Å². The summed E-state index contributed by atoms with van der Waals surface area (Å²) in [7, 11) is 0.